The second kappa shape index (κ2) is 9.52. The summed E-state index contributed by atoms with van der Waals surface area (Å²) in [7, 11) is 0. The van der Waals surface area contributed by atoms with Gasteiger partial charge in [0.15, 0.2) is 0 Å². The van der Waals surface area contributed by atoms with Crippen LogP contribution < -0.4 is 11.1 Å². The van der Waals surface area contributed by atoms with Crippen LogP contribution in [0.1, 0.15) is 17.4 Å². The van der Waals surface area contributed by atoms with Crippen molar-refractivity contribution in [2.24, 2.45) is 5.73 Å². The smallest absolute Gasteiger partial charge is 0.115 e. The molecule has 3 heterocycles. The van der Waals surface area contributed by atoms with Crippen LogP contribution in [0.2, 0.25) is 0 Å². The minimum absolute atomic E-state index is 0.232. The molecule has 0 spiro atoms. The SMILES string of the molecule is NC(NCc1ccc(-n2c3ccccc3c3c2ccc2c4ccccc4n(-c4ccccc4)c23)[nH]1)c1ccccc1. The van der Waals surface area contributed by atoms with Crippen molar-refractivity contribution >= 4 is 43.6 Å². The van der Waals surface area contributed by atoms with Crippen molar-refractivity contribution in [3.05, 3.63) is 145 Å². The molecule has 0 radical (unpaired) electrons. The lowest BCUT2D eigenvalue weighted by Gasteiger charge is -2.13. The molecule has 8 aromatic rings. The highest BCUT2D eigenvalue weighted by Gasteiger charge is 2.21. The lowest BCUT2D eigenvalue weighted by Crippen LogP contribution is -2.28. The van der Waals surface area contributed by atoms with Gasteiger partial charge in [0.2, 0.25) is 0 Å². The van der Waals surface area contributed by atoms with Gasteiger partial charge in [-0.3, -0.25) is 9.88 Å². The number of nitrogens with zero attached hydrogens (tertiary/aromatic N) is 2. The van der Waals surface area contributed by atoms with Crippen LogP contribution >= 0.6 is 0 Å². The van der Waals surface area contributed by atoms with E-state index in [9.17, 15) is 0 Å². The Morgan fingerprint density at radius 2 is 1.24 bits per heavy atom. The molecule has 0 saturated carbocycles. The van der Waals surface area contributed by atoms with Crippen molar-refractivity contribution in [3.8, 4) is 11.5 Å². The summed E-state index contributed by atoms with van der Waals surface area (Å²) in [6.45, 7) is 0.639. The monoisotopic (exact) mass is 531 g/mol. The Morgan fingerprint density at radius 1 is 0.585 bits per heavy atom. The number of benzene rings is 5. The Bertz CT molecular complexity index is 2170. The largest absolute Gasteiger partial charge is 0.344 e. The van der Waals surface area contributed by atoms with Gasteiger partial charge in [0, 0.05) is 39.5 Å². The van der Waals surface area contributed by atoms with Crippen molar-refractivity contribution in [1.82, 2.24) is 19.4 Å². The maximum Gasteiger partial charge on any atom is 0.115 e. The predicted molar refractivity (Wildman–Crippen MR) is 170 cm³/mol. The number of rotatable bonds is 6. The summed E-state index contributed by atoms with van der Waals surface area (Å²) in [5, 5.41) is 8.44. The van der Waals surface area contributed by atoms with Crippen molar-refractivity contribution in [1.29, 1.82) is 0 Å². The topological polar surface area (TPSA) is 63.7 Å². The summed E-state index contributed by atoms with van der Waals surface area (Å²) >= 11 is 0. The Balaban J connectivity index is 1.32. The number of hydrogen-bond donors (Lipinski definition) is 3. The molecule has 0 aliphatic carbocycles. The number of aromatic nitrogens is 3. The van der Waals surface area contributed by atoms with E-state index in [4.69, 9.17) is 5.73 Å². The van der Waals surface area contributed by atoms with Gasteiger partial charge in [0.1, 0.15) is 5.82 Å². The number of nitrogens with one attached hydrogen (secondary N) is 2. The molecular weight excluding hydrogens is 502 g/mol. The van der Waals surface area contributed by atoms with Gasteiger partial charge in [0.05, 0.1) is 28.2 Å². The zero-order valence-corrected chi connectivity index (χ0v) is 22.5. The maximum atomic E-state index is 6.41. The molecule has 0 aliphatic rings. The summed E-state index contributed by atoms with van der Waals surface area (Å²) in [6, 6.07) is 47.0. The molecule has 0 saturated heterocycles. The molecule has 5 heteroatoms. The first-order valence-corrected chi connectivity index (χ1v) is 14.0. The van der Waals surface area contributed by atoms with E-state index in [-0.39, 0.29) is 6.17 Å². The summed E-state index contributed by atoms with van der Waals surface area (Å²) < 4.78 is 4.76. The molecule has 0 amide bonds. The molecule has 1 unspecified atom stereocenters. The second-order valence-electron chi connectivity index (χ2n) is 10.5. The summed E-state index contributed by atoms with van der Waals surface area (Å²) in [5.74, 6) is 1.03. The molecule has 0 fully saturated rings. The number of para-hydroxylation sites is 3. The Morgan fingerprint density at radius 3 is 2.02 bits per heavy atom. The number of fused-ring (bicyclic) bond motifs is 7. The molecule has 5 aromatic carbocycles. The highest BCUT2D eigenvalue weighted by molar-refractivity contribution is 6.26. The van der Waals surface area contributed by atoms with Crippen LogP contribution in [-0.2, 0) is 6.54 Å². The van der Waals surface area contributed by atoms with Gasteiger partial charge >= 0.3 is 0 Å². The van der Waals surface area contributed by atoms with Gasteiger partial charge in [-0.15, -0.1) is 0 Å². The van der Waals surface area contributed by atoms with Crippen LogP contribution in [0.4, 0.5) is 0 Å². The van der Waals surface area contributed by atoms with Crippen LogP contribution in [0.25, 0.3) is 55.1 Å². The fourth-order valence-corrected chi connectivity index (χ4v) is 6.27. The molecular formula is C36H29N5. The normalized spacial score (nSPS) is 12.6. The number of H-pyrrole nitrogens is 1. The lowest BCUT2D eigenvalue weighted by molar-refractivity contribution is 0.547. The van der Waals surface area contributed by atoms with E-state index in [0.717, 1.165) is 22.8 Å². The minimum Gasteiger partial charge on any atom is -0.344 e. The van der Waals surface area contributed by atoms with Crippen LogP contribution in [-0.4, -0.2) is 14.1 Å². The van der Waals surface area contributed by atoms with E-state index in [1.807, 2.05) is 30.3 Å². The third kappa shape index (κ3) is 3.79. The number of aromatic amines is 1. The van der Waals surface area contributed by atoms with Crippen molar-refractivity contribution in [2.75, 3.05) is 0 Å². The van der Waals surface area contributed by atoms with Gasteiger partial charge in [0.25, 0.3) is 0 Å². The summed E-state index contributed by atoms with van der Waals surface area (Å²) in [5.41, 5.74) is 14.5. The molecule has 1 atom stereocenters. The first kappa shape index (κ1) is 23.8. The molecule has 198 valence electrons. The van der Waals surface area contributed by atoms with Crippen LogP contribution in [0.5, 0.6) is 0 Å². The molecule has 41 heavy (non-hydrogen) atoms. The van der Waals surface area contributed by atoms with E-state index in [0.29, 0.717) is 6.54 Å². The van der Waals surface area contributed by atoms with E-state index < -0.39 is 0 Å². The average Bonchev–Trinajstić information content (AvgIpc) is 3.73. The van der Waals surface area contributed by atoms with Crippen LogP contribution in [0, 0.1) is 0 Å². The van der Waals surface area contributed by atoms with Gasteiger partial charge in [-0.25, -0.2) is 0 Å². The zero-order chi connectivity index (χ0) is 27.3. The van der Waals surface area contributed by atoms with Gasteiger partial charge in [-0.1, -0.05) is 91.0 Å². The number of nitrogens with two attached hydrogens (primary N) is 1. The fraction of sp³-hybridized carbons (Fsp3) is 0.0556. The van der Waals surface area contributed by atoms with Gasteiger partial charge < -0.3 is 15.3 Å². The van der Waals surface area contributed by atoms with Crippen LogP contribution in [0.3, 0.4) is 0 Å². The quantitative estimate of drug-likeness (QED) is 0.191. The van der Waals surface area contributed by atoms with Gasteiger partial charge in [-0.05, 0) is 48.0 Å². The van der Waals surface area contributed by atoms with Crippen LogP contribution in [0.15, 0.2) is 133 Å². The standard InChI is InChI=1S/C36H29N5/c37-36(24-11-3-1-4-12-24)38-23-25-19-22-33(39-25)41-31-18-10-8-16-29(31)34-32(41)21-20-28-27-15-7-9-17-30(27)40(35(28)34)26-13-5-2-6-14-26/h1-22,36,38-39H,23,37H2. The Kier molecular flexibility index (Phi) is 5.52. The van der Waals surface area contributed by atoms with Crippen molar-refractivity contribution in [2.45, 2.75) is 12.7 Å². The minimum atomic E-state index is -0.232. The first-order valence-electron chi connectivity index (χ1n) is 14.0. The van der Waals surface area contributed by atoms with E-state index in [1.54, 1.807) is 0 Å². The zero-order valence-electron chi connectivity index (χ0n) is 22.5. The second-order valence-corrected chi connectivity index (χ2v) is 10.5. The average molecular weight is 532 g/mol. The number of hydrogen-bond acceptors (Lipinski definition) is 2. The molecule has 0 aliphatic heterocycles. The van der Waals surface area contributed by atoms with E-state index in [2.05, 4.69) is 123 Å². The molecule has 8 rings (SSSR count). The third-order valence-electron chi connectivity index (χ3n) is 8.13. The summed E-state index contributed by atoms with van der Waals surface area (Å²) in [6.07, 6.45) is -0.232. The first-order chi connectivity index (χ1) is 20.3. The highest BCUT2D eigenvalue weighted by Crippen LogP contribution is 2.41. The Labute approximate surface area is 237 Å². The highest BCUT2D eigenvalue weighted by atomic mass is 15.1. The fourth-order valence-electron chi connectivity index (χ4n) is 6.27. The van der Waals surface area contributed by atoms with E-state index >= 15 is 0 Å². The maximum absolute atomic E-state index is 6.41. The van der Waals surface area contributed by atoms with E-state index in [1.165, 1.54) is 43.6 Å². The lowest BCUT2D eigenvalue weighted by atomic mass is 10.1. The molecule has 5 nitrogen and oxygen atoms in total. The molecule has 4 N–H and O–H groups in total. The molecule has 3 aromatic heterocycles. The van der Waals surface area contributed by atoms with Crippen molar-refractivity contribution < 1.29 is 0 Å². The third-order valence-corrected chi connectivity index (χ3v) is 8.13. The van der Waals surface area contributed by atoms with Gasteiger partial charge in [-0.2, -0.15) is 0 Å². The predicted octanol–water partition coefficient (Wildman–Crippen LogP) is 7.96. The van der Waals surface area contributed by atoms with Crippen molar-refractivity contribution in [3.63, 3.8) is 0 Å². The Hall–Kier alpha value is -5.10. The summed E-state index contributed by atoms with van der Waals surface area (Å²) in [4.78, 5) is 3.67. The molecule has 0 bridgehead atoms.